The molecule has 2 amide bonds. The Kier molecular flexibility index (Phi) is 4.43. The second kappa shape index (κ2) is 6.06. The van der Waals surface area contributed by atoms with Gasteiger partial charge in [0.2, 0.25) is 0 Å². The van der Waals surface area contributed by atoms with Crippen LogP contribution in [0.1, 0.15) is 30.0 Å². The number of urea groups is 1. The predicted octanol–water partition coefficient (Wildman–Crippen LogP) is 2.06. The molecule has 0 aromatic heterocycles. The standard InChI is InChI=1S/C15H23N3O/c1-11-4-6-12(7-5-11)14(18(2)3)10-16-15(19)17-13-8-9-13/h4-7,13-14H,8-10H2,1-3H3,(H2,16,17,19). The molecule has 0 saturated heterocycles. The van der Waals surface area contributed by atoms with Crippen molar-refractivity contribution in [2.75, 3.05) is 20.6 Å². The monoisotopic (exact) mass is 261 g/mol. The third-order valence-electron chi connectivity index (χ3n) is 3.45. The summed E-state index contributed by atoms with van der Waals surface area (Å²) < 4.78 is 0. The Bertz CT molecular complexity index is 424. The Morgan fingerprint density at radius 2 is 1.95 bits per heavy atom. The first-order valence-corrected chi connectivity index (χ1v) is 6.83. The van der Waals surface area contributed by atoms with Crippen LogP contribution in [0.4, 0.5) is 4.79 Å². The van der Waals surface area contributed by atoms with E-state index in [0.717, 1.165) is 12.8 Å². The van der Waals surface area contributed by atoms with Crippen molar-refractivity contribution in [3.63, 3.8) is 0 Å². The van der Waals surface area contributed by atoms with Gasteiger partial charge < -0.3 is 15.5 Å². The Hall–Kier alpha value is -1.55. The van der Waals surface area contributed by atoms with Crippen LogP contribution in [0.2, 0.25) is 0 Å². The minimum Gasteiger partial charge on any atom is -0.336 e. The number of nitrogens with one attached hydrogen (secondary N) is 2. The molecule has 104 valence electrons. The highest BCUT2D eigenvalue weighted by molar-refractivity contribution is 5.74. The van der Waals surface area contributed by atoms with Gasteiger partial charge in [0.05, 0.1) is 6.04 Å². The molecule has 0 radical (unpaired) electrons. The minimum absolute atomic E-state index is 0.0542. The SMILES string of the molecule is Cc1ccc(C(CNC(=O)NC2CC2)N(C)C)cc1. The summed E-state index contributed by atoms with van der Waals surface area (Å²) in [6, 6.07) is 9.01. The van der Waals surface area contributed by atoms with Crippen molar-refractivity contribution < 1.29 is 4.79 Å². The Morgan fingerprint density at radius 3 is 2.47 bits per heavy atom. The van der Waals surface area contributed by atoms with Crippen molar-refractivity contribution in [1.29, 1.82) is 0 Å². The molecule has 1 atom stereocenters. The fraction of sp³-hybridized carbons (Fsp3) is 0.533. The van der Waals surface area contributed by atoms with Gasteiger partial charge >= 0.3 is 6.03 Å². The molecule has 1 aromatic carbocycles. The van der Waals surface area contributed by atoms with Gasteiger partial charge in [-0.1, -0.05) is 29.8 Å². The van der Waals surface area contributed by atoms with E-state index in [1.807, 2.05) is 14.1 Å². The normalized spacial score (nSPS) is 16.2. The second-order valence-corrected chi connectivity index (χ2v) is 5.52. The molecule has 1 aliphatic rings. The van der Waals surface area contributed by atoms with Gasteiger partial charge in [-0.2, -0.15) is 0 Å². The number of rotatable bonds is 5. The van der Waals surface area contributed by atoms with Crippen LogP contribution in [0.3, 0.4) is 0 Å². The number of aryl methyl sites for hydroxylation is 1. The zero-order valence-corrected chi connectivity index (χ0v) is 11.9. The molecule has 1 saturated carbocycles. The molecule has 0 spiro atoms. The van der Waals surface area contributed by atoms with Crippen LogP contribution in [-0.2, 0) is 0 Å². The van der Waals surface area contributed by atoms with E-state index in [1.54, 1.807) is 0 Å². The average Bonchev–Trinajstić information content (AvgIpc) is 3.15. The molecule has 1 unspecified atom stereocenters. The molecule has 2 N–H and O–H groups in total. The number of amides is 2. The van der Waals surface area contributed by atoms with Gasteiger partial charge in [0.15, 0.2) is 0 Å². The van der Waals surface area contributed by atoms with Gasteiger partial charge in [-0.25, -0.2) is 4.79 Å². The fourth-order valence-corrected chi connectivity index (χ4v) is 2.04. The molecular formula is C15H23N3O. The number of likely N-dealkylation sites (N-methyl/N-ethyl adjacent to an activating group) is 1. The zero-order chi connectivity index (χ0) is 13.8. The second-order valence-electron chi connectivity index (χ2n) is 5.52. The van der Waals surface area contributed by atoms with Gasteiger partial charge in [-0.15, -0.1) is 0 Å². The largest absolute Gasteiger partial charge is 0.336 e. The third kappa shape index (κ3) is 4.24. The van der Waals surface area contributed by atoms with Crippen molar-refractivity contribution in [3.05, 3.63) is 35.4 Å². The first kappa shape index (κ1) is 13.9. The molecule has 2 rings (SSSR count). The first-order chi connectivity index (χ1) is 9.06. The lowest BCUT2D eigenvalue weighted by Crippen LogP contribution is -2.41. The lowest BCUT2D eigenvalue weighted by molar-refractivity contribution is 0.232. The maximum absolute atomic E-state index is 11.7. The maximum Gasteiger partial charge on any atom is 0.315 e. The molecule has 0 heterocycles. The lowest BCUT2D eigenvalue weighted by atomic mass is 10.0. The summed E-state index contributed by atoms with van der Waals surface area (Å²) in [5, 5.41) is 5.90. The van der Waals surface area contributed by atoms with Crippen LogP contribution in [0.25, 0.3) is 0 Å². The predicted molar refractivity (Wildman–Crippen MR) is 77.2 cm³/mol. The highest BCUT2D eigenvalue weighted by Gasteiger charge is 2.23. The number of nitrogens with zero attached hydrogens (tertiary/aromatic N) is 1. The van der Waals surface area contributed by atoms with E-state index in [-0.39, 0.29) is 12.1 Å². The molecule has 0 bridgehead atoms. The lowest BCUT2D eigenvalue weighted by Gasteiger charge is -2.25. The van der Waals surface area contributed by atoms with Crippen LogP contribution in [0.15, 0.2) is 24.3 Å². The molecule has 19 heavy (non-hydrogen) atoms. The van der Waals surface area contributed by atoms with Crippen LogP contribution in [-0.4, -0.2) is 37.6 Å². The molecule has 4 heteroatoms. The van der Waals surface area contributed by atoms with Crippen LogP contribution in [0.5, 0.6) is 0 Å². The van der Waals surface area contributed by atoms with E-state index in [9.17, 15) is 4.79 Å². The smallest absolute Gasteiger partial charge is 0.315 e. The van der Waals surface area contributed by atoms with E-state index in [0.29, 0.717) is 12.6 Å². The van der Waals surface area contributed by atoms with Gasteiger partial charge in [0, 0.05) is 12.6 Å². The van der Waals surface area contributed by atoms with Crippen LogP contribution >= 0.6 is 0 Å². The summed E-state index contributed by atoms with van der Waals surface area (Å²) >= 11 is 0. The molecule has 0 aliphatic heterocycles. The van der Waals surface area contributed by atoms with E-state index in [4.69, 9.17) is 0 Å². The number of hydrogen-bond acceptors (Lipinski definition) is 2. The number of hydrogen-bond donors (Lipinski definition) is 2. The van der Waals surface area contributed by atoms with Gasteiger partial charge in [0.1, 0.15) is 0 Å². The van der Waals surface area contributed by atoms with E-state index < -0.39 is 0 Å². The molecule has 4 nitrogen and oxygen atoms in total. The fourth-order valence-electron chi connectivity index (χ4n) is 2.04. The zero-order valence-electron chi connectivity index (χ0n) is 11.9. The molecular weight excluding hydrogens is 238 g/mol. The molecule has 1 fully saturated rings. The van der Waals surface area contributed by atoms with Crippen molar-refractivity contribution in [2.45, 2.75) is 31.8 Å². The summed E-state index contributed by atoms with van der Waals surface area (Å²) in [5.74, 6) is 0. The van der Waals surface area contributed by atoms with Crippen molar-refractivity contribution in [1.82, 2.24) is 15.5 Å². The molecule has 1 aliphatic carbocycles. The van der Waals surface area contributed by atoms with Crippen LogP contribution in [0, 0.1) is 6.92 Å². The van der Waals surface area contributed by atoms with Crippen molar-refractivity contribution >= 4 is 6.03 Å². The van der Waals surface area contributed by atoms with Crippen LogP contribution < -0.4 is 10.6 Å². The van der Waals surface area contributed by atoms with Gasteiger partial charge in [0.25, 0.3) is 0 Å². The number of carbonyl (C=O) groups is 1. The highest BCUT2D eigenvalue weighted by Crippen LogP contribution is 2.19. The molecule has 1 aromatic rings. The van der Waals surface area contributed by atoms with E-state index in [1.165, 1.54) is 11.1 Å². The summed E-state index contributed by atoms with van der Waals surface area (Å²) in [4.78, 5) is 13.8. The first-order valence-electron chi connectivity index (χ1n) is 6.83. The minimum atomic E-state index is -0.0542. The van der Waals surface area contributed by atoms with Gasteiger partial charge in [-0.3, -0.25) is 0 Å². The van der Waals surface area contributed by atoms with Crippen molar-refractivity contribution in [2.24, 2.45) is 0 Å². The Morgan fingerprint density at radius 1 is 1.32 bits per heavy atom. The average molecular weight is 261 g/mol. The quantitative estimate of drug-likeness (QED) is 0.852. The third-order valence-corrected chi connectivity index (χ3v) is 3.45. The van der Waals surface area contributed by atoms with Crippen molar-refractivity contribution in [3.8, 4) is 0 Å². The summed E-state index contributed by atoms with van der Waals surface area (Å²) in [6.07, 6.45) is 2.23. The number of benzene rings is 1. The summed E-state index contributed by atoms with van der Waals surface area (Å²) in [6.45, 7) is 2.70. The topological polar surface area (TPSA) is 44.4 Å². The van der Waals surface area contributed by atoms with Gasteiger partial charge in [-0.05, 0) is 39.4 Å². The Labute approximate surface area is 115 Å². The maximum atomic E-state index is 11.7. The summed E-state index contributed by atoms with van der Waals surface area (Å²) in [5.41, 5.74) is 2.48. The highest BCUT2D eigenvalue weighted by atomic mass is 16.2. The number of carbonyl (C=O) groups excluding carboxylic acids is 1. The van der Waals surface area contributed by atoms with E-state index >= 15 is 0 Å². The Balaban J connectivity index is 1.91. The summed E-state index contributed by atoms with van der Waals surface area (Å²) in [7, 11) is 4.07. The van der Waals surface area contributed by atoms with E-state index in [2.05, 4.69) is 46.7 Å².